The monoisotopic (exact) mass is 357 g/mol. The summed E-state index contributed by atoms with van der Waals surface area (Å²) in [5, 5.41) is 0. The van der Waals surface area contributed by atoms with E-state index >= 15 is 0 Å². The lowest BCUT2D eigenvalue weighted by molar-refractivity contribution is -0.143. The Balaban J connectivity index is 2.29. The summed E-state index contributed by atoms with van der Waals surface area (Å²) in [7, 11) is 0. The van der Waals surface area contributed by atoms with Crippen LogP contribution in [0.25, 0.3) is 0 Å². The fourth-order valence-electron chi connectivity index (χ4n) is 2.49. The number of thioether (sulfide) groups is 1. The highest BCUT2D eigenvalue weighted by molar-refractivity contribution is 7.98. The highest BCUT2D eigenvalue weighted by Crippen LogP contribution is 2.21. The van der Waals surface area contributed by atoms with Crippen molar-refractivity contribution in [2.24, 2.45) is 0 Å². The first kappa shape index (κ1) is 19.1. The van der Waals surface area contributed by atoms with E-state index in [2.05, 4.69) is 0 Å². The van der Waals surface area contributed by atoms with Crippen molar-refractivity contribution >= 4 is 23.6 Å². The summed E-state index contributed by atoms with van der Waals surface area (Å²) < 4.78 is 5.03. The molecule has 0 saturated heterocycles. The van der Waals surface area contributed by atoms with Gasteiger partial charge in [-0.25, -0.2) is 0 Å². The third-order valence-electron chi connectivity index (χ3n) is 3.80. The Labute approximate surface area is 153 Å². The zero-order chi connectivity index (χ0) is 18.2. The van der Waals surface area contributed by atoms with Crippen LogP contribution in [0, 0.1) is 6.92 Å². The molecule has 1 amide bonds. The zero-order valence-electron chi connectivity index (χ0n) is 14.8. The summed E-state index contributed by atoms with van der Waals surface area (Å²) >= 11 is 1.58. The molecular weight excluding hydrogens is 334 g/mol. The largest absolute Gasteiger partial charge is 0.465 e. The molecule has 132 valence electrons. The van der Waals surface area contributed by atoms with Gasteiger partial charge in [0, 0.05) is 17.0 Å². The molecule has 5 heteroatoms. The van der Waals surface area contributed by atoms with E-state index in [1.165, 1.54) is 0 Å². The van der Waals surface area contributed by atoms with Crippen molar-refractivity contribution in [3.05, 3.63) is 65.2 Å². The molecule has 0 heterocycles. The van der Waals surface area contributed by atoms with Crippen molar-refractivity contribution in [1.82, 2.24) is 4.90 Å². The Kier molecular flexibility index (Phi) is 7.07. The number of amides is 1. The minimum absolute atomic E-state index is 0.0650. The molecule has 0 aromatic heterocycles. The van der Waals surface area contributed by atoms with Gasteiger partial charge in [0.25, 0.3) is 5.91 Å². The number of hydrogen-bond donors (Lipinski definition) is 0. The molecular formula is C20H23NO3S. The standard InChI is InChI=1S/C20H23NO3S/c1-4-24-19(22)14-21(13-16-8-6-5-7-9-16)20(23)18-12-17(25-3)11-10-15(18)2/h5-12H,4,13-14H2,1-3H3. The number of esters is 1. The number of nitrogens with zero attached hydrogens (tertiary/aromatic N) is 1. The molecule has 0 saturated carbocycles. The van der Waals surface area contributed by atoms with Gasteiger partial charge in [-0.15, -0.1) is 11.8 Å². The van der Waals surface area contributed by atoms with Gasteiger partial charge in [-0.1, -0.05) is 36.4 Å². The molecule has 0 unspecified atom stereocenters. The molecule has 25 heavy (non-hydrogen) atoms. The highest BCUT2D eigenvalue weighted by Gasteiger charge is 2.21. The molecule has 0 radical (unpaired) electrons. The van der Waals surface area contributed by atoms with Gasteiger partial charge in [0.05, 0.1) is 6.61 Å². The van der Waals surface area contributed by atoms with Crippen LogP contribution in [0.4, 0.5) is 0 Å². The third-order valence-corrected chi connectivity index (χ3v) is 4.53. The van der Waals surface area contributed by atoms with E-state index in [1.807, 2.05) is 61.7 Å². The van der Waals surface area contributed by atoms with E-state index in [0.717, 1.165) is 16.0 Å². The summed E-state index contributed by atoms with van der Waals surface area (Å²) in [6, 6.07) is 15.4. The minimum atomic E-state index is -0.398. The molecule has 0 aliphatic carbocycles. The van der Waals surface area contributed by atoms with E-state index in [1.54, 1.807) is 23.6 Å². The van der Waals surface area contributed by atoms with Crippen molar-refractivity contribution in [3.63, 3.8) is 0 Å². The fraction of sp³-hybridized carbons (Fsp3) is 0.300. The average molecular weight is 357 g/mol. The highest BCUT2D eigenvalue weighted by atomic mass is 32.2. The first-order valence-electron chi connectivity index (χ1n) is 8.18. The second kappa shape index (κ2) is 9.28. The zero-order valence-corrected chi connectivity index (χ0v) is 15.6. The Hall–Kier alpha value is -2.27. The minimum Gasteiger partial charge on any atom is -0.465 e. The molecule has 0 aliphatic rings. The number of aryl methyl sites for hydroxylation is 1. The number of ether oxygens (including phenoxy) is 1. The average Bonchev–Trinajstić information content (AvgIpc) is 2.62. The van der Waals surface area contributed by atoms with Gasteiger partial charge in [-0.2, -0.15) is 0 Å². The maximum absolute atomic E-state index is 13.1. The molecule has 0 spiro atoms. The Morgan fingerprint density at radius 1 is 1.12 bits per heavy atom. The van der Waals surface area contributed by atoms with Crippen LogP contribution in [-0.2, 0) is 16.1 Å². The molecule has 4 nitrogen and oxygen atoms in total. The number of hydrogen-bond acceptors (Lipinski definition) is 4. The summed E-state index contributed by atoms with van der Waals surface area (Å²) in [5.74, 6) is -0.559. The first-order chi connectivity index (χ1) is 12.0. The van der Waals surface area contributed by atoms with Crippen molar-refractivity contribution in [1.29, 1.82) is 0 Å². The lowest BCUT2D eigenvalue weighted by Crippen LogP contribution is -2.36. The summed E-state index contributed by atoms with van der Waals surface area (Å²) in [6.07, 6.45) is 1.97. The van der Waals surface area contributed by atoms with Gasteiger partial charge in [0.15, 0.2) is 0 Å². The van der Waals surface area contributed by atoms with Gasteiger partial charge >= 0.3 is 5.97 Å². The predicted molar refractivity (Wildman–Crippen MR) is 101 cm³/mol. The number of carbonyl (C=O) groups excluding carboxylic acids is 2. The second-order valence-corrected chi connectivity index (χ2v) is 6.51. The molecule has 2 aromatic carbocycles. The van der Waals surface area contributed by atoms with Gasteiger partial charge in [-0.3, -0.25) is 9.59 Å². The summed E-state index contributed by atoms with van der Waals surface area (Å²) in [6.45, 7) is 4.26. The summed E-state index contributed by atoms with van der Waals surface area (Å²) in [5.41, 5.74) is 2.48. The molecule has 0 bridgehead atoms. The quantitative estimate of drug-likeness (QED) is 0.556. The maximum Gasteiger partial charge on any atom is 0.325 e. The van der Waals surface area contributed by atoms with E-state index in [0.29, 0.717) is 18.7 Å². The van der Waals surface area contributed by atoms with Crippen molar-refractivity contribution in [2.75, 3.05) is 19.4 Å². The van der Waals surface area contributed by atoms with Crippen LogP contribution in [0.2, 0.25) is 0 Å². The van der Waals surface area contributed by atoms with Crippen LogP contribution in [0.3, 0.4) is 0 Å². The Bertz CT molecular complexity index is 731. The third kappa shape index (κ3) is 5.36. The SMILES string of the molecule is CCOC(=O)CN(Cc1ccccc1)C(=O)c1cc(SC)ccc1C. The van der Waals surface area contributed by atoms with Crippen LogP contribution in [0.5, 0.6) is 0 Å². The van der Waals surface area contributed by atoms with Gasteiger partial charge < -0.3 is 9.64 Å². The Morgan fingerprint density at radius 3 is 2.48 bits per heavy atom. The lowest BCUT2D eigenvalue weighted by atomic mass is 10.1. The molecule has 2 rings (SSSR count). The number of rotatable bonds is 7. The van der Waals surface area contributed by atoms with Crippen LogP contribution in [0.15, 0.2) is 53.4 Å². The van der Waals surface area contributed by atoms with Crippen LogP contribution in [-0.4, -0.2) is 36.2 Å². The van der Waals surface area contributed by atoms with E-state index in [4.69, 9.17) is 4.74 Å². The van der Waals surface area contributed by atoms with Gasteiger partial charge in [-0.05, 0) is 43.4 Å². The smallest absolute Gasteiger partial charge is 0.325 e. The van der Waals surface area contributed by atoms with Crippen LogP contribution in [0.1, 0.15) is 28.4 Å². The molecule has 0 fully saturated rings. The molecule has 2 aromatic rings. The molecule has 0 atom stereocenters. The van der Waals surface area contributed by atoms with E-state index in [9.17, 15) is 9.59 Å². The molecule has 0 aliphatic heterocycles. The first-order valence-corrected chi connectivity index (χ1v) is 9.41. The lowest BCUT2D eigenvalue weighted by Gasteiger charge is -2.23. The number of carbonyl (C=O) groups is 2. The number of benzene rings is 2. The normalized spacial score (nSPS) is 10.4. The van der Waals surface area contributed by atoms with Crippen molar-refractivity contribution in [3.8, 4) is 0 Å². The van der Waals surface area contributed by atoms with Gasteiger partial charge in [0.1, 0.15) is 6.54 Å². The topological polar surface area (TPSA) is 46.6 Å². The van der Waals surface area contributed by atoms with Crippen molar-refractivity contribution in [2.45, 2.75) is 25.3 Å². The Morgan fingerprint density at radius 2 is 1.84 bits per heavy atom. The maximum atomic E-state index is 13.1. The van der Waals surface area contributed by atoms with Crippen LogP contribution < -0.4 is 0 Å². The van der Waals surface area contributed by atoms with Crippen LogP contribution >= 0.6 is 11.8 Å². The predicted octanol–water partition coefficient (Wildman–Crippen LogP) is 3.92. The molecule has 0 N–H and O–H groups in total. The van der Waals surface area contributed by atoms with E-state index < -0.39 is 5.97 Å². The second-order valence-electron chi connectivity index (χ2n) is 5.63. The van der Waals surface area contributed by atoms with Crippen molar-refractivity contribution < 1.29 is 14.3 Å². The fourth-order valence-corrected chi connectivity index (χ4v) is 2.93. The summed E-state index contributed by atoms with van der Waals surface area (Å²) in [4.78, 5) is 27.6. The van der Waals surface area contributed by atoms with Gasteiger partial charge in [0.2, 0.25) is 0 Å². The van der Waals surface area contributed by atoms with E-state index in [-0.39, 0.29) is 12.5 Å².